The molecule has 7 heteroatoms. The number of halogens is 1. The molecule has 1 saturated heterocycles. The van der Waals surface area contributed by atoms with Gasteiger partial charge in [-0.1, -0.05) is 17.7 Å². The van der Waals surface area contributed by atoms with E-state index >= 15 is 0 Å². The molecule has 0 spiro atoms. The predicted molar refractivity (Wildman–Crippen MR) is 111 cm³/mol. The smallest absolute Gasteiger partial charge is 0.260 e. The van der Waals surface area contributed by atoms with Crippen molar-refractivity contribution in [3.05, 3.63) is 57.9 Å². The molecule has 1 atom stereocenters. The van der Waals surface area contributed by atoms with Crippen molar-refractivity contribution in [2.75, 3.05) is 19.8 Å². The van der Waals surface area contributed by atoms with E-state index in [1.165, 1.54) is 0 Å². The maximum atomic E-state index is 12.9. The molecule has 0 bridgehead atoms. The van der Waals surface area contributed by atoms with Gasteiger partial charge in [0.2, 0.25) is 0 Å². The summed E-state index contributed by atoms with van der Waals surface area (Å²) in [5.74, 6) is 0.490. The number of amides is 1. The average Bonchev–Trinajstić information content (AvgIpc) is 3.41. The third kappa shape index (κ3) is 4.46. The molecule has 1 aromatic carbocycles. The van der Waals surface area contributed by atoms with Gasteiger partial charge in [-0.25, -0.2) is 0 Å². The van der Waals surface area contributed by atoms with Crippen molar-refractivity contribution < 1.29 is 14.3 Å². The zero-order chi connectivity index (χ0) is 19.3. The van der Waals surface area contributed by atoms with Crippen LogP contribution in [0.1, 0.15) is 17.7 Å². The Morgan fingerprint density at radius 3 is 3.04 bits per heavy atom. The quantitative estimate of drug-likeness (QED) is 0.567. The Labute approximate surface area is 172 Å². The summed E-state index contributed by atoms with van der Waals surface area (Å²) in [6, 6.07) is 11.3. The van der Waals surface area contributed by atoms with Gasteiger partial charge in [0, 0.05) is 29.6 Å². The van der Waals surface area contributed by atoms with Gasteiger partial charge in [-0.2, -0.15) is 0 Å². The molecule has 0 radical (unpaired) electrons. The molecular weight excluding hydrogens is 396 g/mol. The first-order chi connectivity index (χ1) is 13.7. The Hall–Kier alpha value is -2.15. The number of benzene rings is 1. The zero-order valence-electron chi connectivity index (χ0n) is 15.3. The van der Waals surface area contributed by atoms with Gasteiger partial charge in [-0.05, 0) is 48.6 Å². The van der Waals surface area contributed by atoms with Crippen LogP contribution in [-0.4, -0.2) is 41.7 Å². The van der Waals surface area contributed by atoms with Crippen LogP contribution in [-0.2, 0) is 16.1 Å². The van der Waals surface area contributed by atoms with E-state index in [-0.39, 0.29) is 18.6 Å². The number of fused-ring (bicyclic) bond motifs is 1. The number of hydrogen-bond acceptors (Lipinski definition) is 5. The Kier molecular flexibility index (Phi) is 6.10. The lowest BCUT2D eigenvalue weighted by atomic mass is 10.2. The first-order valence-corrected chi connectivity index (χ1v) is 10.5. The molecule has 1 aliphatic heterocycles. The van der Waals surface area contributed by atoms with Crippen molar-refractivity contribution in [3.8, 4) is 5.75 Å². The molecule has 0 saturated carbocycles. The SMILES string of the molecule is O=C(COc1ccc(Cl)c2cccnc12)N(Cc1cccs1)CC1CCCO1. The topological polar surface area (TPSA) is 51.7 Å². The number of carbonyl (C=O) groups is 1. The summed E-state index contributed by atoms with van der Waals surface area (Å²) in [5.41, 5.74) is 0.659. The van der Waals surface area contributed by atoms with E-state index in [9.17, 15) is 4.79 Å². The van der Waals surface area contributed by atoms with Crippen molar-refractivity contribution in [2.45, 2.75) is 25.5 Å². The van der Waals surface area contributed by atoms with E-state index in [2.05, 4.69) is 4.98 Å². The van der Waals surface area contributed by atoms with Crippen LogP contribution in [0.25, 0.3) is 10.9 Å². The molecule has 1 aliphatic rings. The van der Waals surface area contributed by atoms with Crippen LogP contribution in [0.5, 0.6) is 5.75 Å². The molecule has 1 fully saturated rings. The maximum Gasteiger partial charge on any atom is 0.260 e. The van der Waals surface area contributed by atoms with Crippen molar-refractivity contribution in [2.24, 2.45) is 0 Å². The molecule has 28 heavy (non-hydrogen) atoms. The van der Waals surface area contributed by atoms with Gasteiger partial charge in [-0.3, -0.25) is 9.78 Å². The number of pyridine rings is 1. The van der Waals surface area contributed by atoms with Crippen LogP contribution in [0.3, 0.4) is 0 Å². The molecule has 2 aromatic heterocycles. The highest BCUT2D eigenvalue weighted by Gasteiger charge is 2.23. The molecule has 3 aromatic rings. The van der Waals surface area contributed by atoms with Gasteiger partial charge < -0.3 is 14.4 Å². The third-order valence-electron chi connectivity index (χ3n) is 4.76. The second-order valence-corrected chi connectivity index (χ2v) is 8.16. The highest BCUT2D eigenvalue weighted by atomic mass is 35.5. The van der Waals surface area contributed by atoms with Crippen LogP contribution in [0.15, 0.2) is 48.0 Å². The minimum atomic E-state index is -0.0667. The number of rotatable bonds is 7. The van der Waals surface area contributed by atoms with Crippen LogP contribution < -0.4 is 4.74 Å². The average molecular weight is 417 g/mol. The second-order valence-electron chi connectivity index (χ2n) is 6.72. The summed E-state index contributed by atoms with van der Waals surface area (Å²) in [5, 5.41) is 3.44. The number of ether oxygens (including phenoxy) is 2. The number of aromatic nitrogens is 1. The largest absolute Gasteiger partial charge is 0.481 e. The normalized spacial score (nSPS) is 16.4. The monoisotopic (exact) mass is 416 g/mol. The predicted octanol–water partition coefficient (Wildman–Crippen LogP) is 4.54. The lowest BCUT2D eigenvalue weighted by Crippen LogP contribution is -2.39. The van der Waals surface area contributed by atoms with Gasteiger partial charge >= 0.3 is 0 Å². The third-order valence-corrected chi connectivity index (χ3v) is 5.95. The Morgan fingerprint density at radius 1 is 1.32 bits per heavy atom. The highest BCUT2D eigenvalue weighted by molar-refractivity contribution is 7.09. The van der Waals surface area contributed by atoms with E-state index in [1.54, 1.807) is 29.7 Å². The van der Waals surface area contributed by atoms with E-state index in [4.69, 9.17) is 21.1 Å². The van der Waals surface area contributed by atoms with E-state index < -0.39 is 0 Å². The summed E-state index contributed by atoms with van der Waals surface area (Å²) in [6.45, 7) is 1.87. The van der Waals surface area contributed by atoms with Gasteiger partial charge in [0.25, 0.3) is 5.91 Å². The Bertz CT molecular complexity index is 942. The molecule has 4 rings (SSSR count). The Balaban J connectivity index is 1.47. The van der Waals surface area contributed by atoms with E-state index in [1.807, 2.05) is 34.5 Å². The summed E-state index contributed by atoms with van der Waals surface area (Å²) in [6.07, 6.45) is 3.82. The lowest BCUT2D eigenvalue weighted by molar-refractivity contribution is -0.135. The molecule has 0 N–H and O–H groups in total. The van der Waals surface area contributed by atoms with Gasteiger partial charge in [0.1, 0.15) is 11.3 Å². The summed E-state index contributed by atoms with van der Waals surface area (Å²) in [7, 11) is 0. The van der Waals surface area contributed by atoms with Crippen LogP contribution >= 0.6 is 22.9 Å². The molecule has 5 nitrogen and oxygen atoms in total. The maximum absolute atomic E-state index is 12.9. The van der Waals surface area contributed by atoms with Crippen LogP contribution in [0.4, 0.5) is 0 Å². The molecular formula is C21H21ClN2O3S. The molecule has 146 valence electrons. The fraction of sp³-hybridized carbons (Fsp3) is 0.333. The molecule has 1 amide bonds. The van der Waals surface area contributed by atoms with E-state index in [0.29, 0.717) is 29.4 Å². The number of thiophene rings is 1. The van der Waals surface area contributed by atoms with Crippen LogP contribution in [0.2, 0.25) is 5.02 Å². The molecule has 0 aliphatic carbocycles. The van der Waals surface area contributed by atoms with Crippen molar-refractivity contribution >= 4 is 39.7 Å². The second kappa shape index (κ2) is 8.90. The molecule has 3 heterocycles. The Morgan fingerprint density at radius 2 is 2.25 bits per heavy atom. The van der Waals surface area contributed by atoms with E-state index in [0.717, 1.165) is 29.7 Å². The van der Waals surface area contributed by atoms with Crippen molar-refractivity contribution in [3.63, 3.8) is 0 Å². The first-order valence-electron chi connectivity index (χ1n) is 9.28. The standard InChI is InChI=1S/C21H21ClN2O3S/c22-18-7-8-19(21-17(18)6-1-9-23-21)27-14-20(25)24(12-15-4-2-10-26-15)13-16-5-3-11-28-16/h1,3,5-9,11,15H,2,4,10,12-14H2. The molecule has 1 unspecified atom stereocenters. The number of nitrogens with zero attached hydrogens (tertiary/aromatic N) is 2. The first kappa shape index (κ1) is 19.2. The highest BCUT2D eigenvalue weighted by Crippen LogP contribution is 2.29. The van der Waals surface area contributed by atoms with Gasteiger partial charge in [-0.15, -0.1) is 11.3 Å². The van der Waals surface area contributed by atoms with Gasteiger partial charge in [0.15, 0.2) is 6.61 Å². The van der Waals surface area contributed by atoms with Crippen molar-refractivity contribution in [1.82, 2.24) is 9.88 Å². The number of hydrogen-bond donors (Lipinski definition) is 0. The number of carbonyl (C=O) groups excluding carboxylic acids is 1. The minimum Gasteiger partial charge on any atom is -0.481 e. The zero-order valence-corrected chi connectivity index (χ0v) is 16.9. The fourth-order valence-electron chi connectivity index (χ4n) is 3.34. The summed E-state index contributed by atoms with van der Waals surface area (Å²) >= 11 is 7.88. The lowest BCUT2D eigenvalue weighted by Gasteiger charge is -2.25. The fourth-order valence-corrected chi connectivity index (χ4v) is 4.27. The van der Waals surface area contributed by atoms with Crippen molar-refractivity contribution in [1.29, 1.82) is 0 Å². The van der Waals surface area contributed by atoms with Gasteiger partial charge in [0.05, 0.1) is 17.7 Å². The minimum absolute atomic E-state index is 0.0502. The van der Waals surface area contributed by atoms with Crippen LogP contribution in [0, 0.1) is 0 Å². The summed E-state index contributed by atoms with van der Waals surface area (Å²) in [4.78, 5) is 20.3. The summed E-state index contributed by atoms with van der Waals surface area (Å²) < 4.78 is 11.6.